The minimum Gasteiger partial charge on any atom is -0.452 e. The summed E-state index contributed by atoms with van der Waals surface area (Å²) < 4.78 is 4.77. The zero-order chi connectivity index (χ0) is 16.8. The molecule has 1 heterocycles. The molecule has 0 spiro atoms. The molecule has 0 bridgehead atoms. The summed E-state index contributed by atoms with van der Waals surface area (Å²) in [4.78, 5) is 45.6. The van der Waals surface area contributed by atoms with Crippen LogP contribution in [-0.4, -0.2) is 40.8 Å². The van der Waals surface area contributed by atoms with Crippen LogP contribution < -0.4 is 0 Å². The zero-order valence-electron chi connectivity index (χ0n) is 12.1. The van der Waals surface area contributed by atoms with E-state index in [9.17, 15) is 24.5 Å². The number of hydrogen-bond acceptors (Lipinski definition) is 6. The largest absolute Gasteiger partial charge is 0.452 e. The zero-order valence-corrected chi connectivity index (χ0v) is 12.1. The Morgan fingerprint density at radius 3 is 2.57 bits per heavy atom. The molecule has 8 heteroatoms. The Labute approximate surface area is 131 Å². The Kier molecular flexibility index (Phi) is 5.19. The van der Waals surface area contributed by atoms with Gasteiger partial charge in [-0.2, -0.15) is 0 Å². The molecule has 0 atom stereocenters. The second kappa shape index (κ2) is 7.30. The van der Waals surface area contributed by atoms with E-state index in [-0.39, 0.29) is 11.6 Å². The molecule has 2 amide bonds. The van der Waals surface area contributed by atoms with Gasteiger partial charge in [0.05, 0.1) is 4.92 Å². The molecule has 1 aliphatic heterocycles. The fraction of sp³-hybridized carbons (Fsp3) is 0.267. The second-order valence-electron chi connectivity index (χ2n) is 4.83. The van der Waals surface area contributed by atoms with Crippen LogP contribution in [0.25, 0.3) is 6.08 Å². The fourth-order valence-corrected chi connectivity index (χ4v) is 2.04. The van der Waals surface area contributed by atoms with Crippen molar-refractivity contribution in [1.29, 1.82) is 0 Å². The van der Waals surface area contributed by atoms with Gasteiger partial charge in [0.25, 0.3) is 11.6 Å². The maximum absolute atomic E-state index is 11.7. The summed E-state index contributed by atoms with van der Waals surface area (Å²) in [6.07, 6.45) is 3.48. The summed E-state index contributed by atoms with van der Waals surface area (Å²) in [5.74, 6) is -1.53. The average molecular weight is 318 g/mol. The summed E-state index contributed by atoms with van der Waals surface area (Å²) >= 11 is 0. The lowest BCUT2D eigenvalue weighted by atomic mass is 10.2. The van der Waals surface area contributed by atoms with Gasteiger partial charge in [0.1, 0.15) is 0 Å². The maximum Gasteiger partial charge on any atom is 0.331 e. The van der Waals surface area contributed by atoms with Gasteiger partial charge in [-0.1, -0.05) is 0 Å². The monoisotopic (exact) mass is 318 g/mol. The van der Waals surface area contributed by atoms with E-state index in [0.29, 0.717) is 24.9 Å². The molecule has 0 saturated carbocycles. The van der Waals surface area contributed by atoms with Gasteiger partial charge in [-0.15, -0.1) is 0 Å². The predicted octanol–water partition coefficient (Wildman–Crippen LogP) is 1.30. The molecule has 8 nitrogen and oxygen atoms in total. The normalized spacial score (nSPS) is 14.3. The summed E-state index contributed by atoms with van der Waals surface area (Å²) in [6, 6.07) is 5.59. The number of hydrogen-bond donors (Lipinski definition) is 0. The van der Waals surface area contributed by atoms with Crippen molar-refractivity contribution >= 4 is 29.5 Å². The molecule has 1 saturated heterocycles. The van der Waals surface area contributed by atoms with Crippen molar-refractivity contribution in [2.45, 2.75) is 12.8 Å². The SMILES string of the molecule is O=C(C=Cc1ccc([N+](=O)[O-])cc1)OCC(=O)N1CCCC1=O. The molecule has 1 fully saturated rings. The molecule has 1 aliphatic rings. The average Bonchev–Trinajstić information content (AvgIpc) is 2.97. The summed E-state index contributed by atoms with van der Waals surface area (Å²) in [6.45, 7) is -0.136. The predicted molar refractivity (Wildman–Crippen MR) is 79.0 cm³/mol. The Balaban J connectivity index is 1.83. The quantitative estimate of drug-likeness (QED) is 0.350. The molecule has 2 rings (SSSR count). The van der Waals surface area contributed by atoms with Crippen molar-refractivity contribution in [2.24, 2.45) is 0 Å². The number of imide groups is 1. The van der Waals surface area contributed by atoms with Crippen molar-refractivity contribution in [2.75, 3.05) is 13.2 Å². The Morgan fingerprint density at radius 2 is 2.00 bits per heavy atom. The minimum atomic E-state index is -0.733. The smallest absolute Gasteiger partial charge is 0.331 e. The van der Waals surface area contributed by atoms with Crippen LogP contribution in [0.1, 0.15) is 18.4 Å². The third-order valence-electron chi connectivity index (χ3n) is 3.23. The van der Waals surface area contributed by atoms with Crippen LogP contribution in [-0.2, 0) is 19.1 Å². The molecule has 0 aliphatic carbocycles. The van der Waals surface area contributed by atoms with Crippen LogP contribution in [0, 0.1) is 10.1 Å². The molecule has 120 valence electrons. The molecular weight excluding hydrogens is 304 g/mol. The highest BCUT2D eigenvalue weighted by atomic mass is 16.6. The van der Waals surface area contributed by atoms with E-state index in [1.165, 1.54) is 30.3 Å². The van der Waals surface area contributed by atoms with E-state index in [1.807, 2.05) is 0 Å². The van der Waals surface area contributed by atoms with E-state index in [1.54, 1.807) is 0 Å². The van der Waals surface area contributed by atoms with Gasteiger partial charge in [0.2, 0.25) is 5.91 Å². The van der Waals surface area contributed by atoms with E-state index in [0.717, 1.165) is 11.0 Å². The van der Waals surface area contributed by atoms with Crippen molar-refractivity contribution in [1.82, 2.24) is 4.90 Å². The topological polar surface area (TPSA) is 107 Å². The van der Waals surface area contributed by atoms with Crippen molar-refractivity contribution < 1.29 is 24.0 Å². The number of likely N-dealkylation sites (tertiary alicyclic amines) is 1. The van der Waals surface area contributed by atoms with Crippen LogP contribution in [0.4, 0.5) is 5.69 Å². The molecule has 1 aromatic rings. The van der Waals surface area contributed by atoms with Gasteiger partial charge in [0.15, 0.2) is 6.61 Å². The molecule has 0 N–H and O–H groups in total. The standard InChI is InChI=1S/C15H14N2O6/c18-13-2-1-9-16(13)14(19)10-23-15(20)8-5-11-3-6-12(7-4-11)17(21)22/h3-8H,1-2,9-10H2. The number of nitro groups is 1. The molecule has 0 unspecified atom stereocenters. The van der Waals surface area contributed by atoms with Gasteiger partial charge >= 0.3 is 5.97 Å². The summed E-state index contributed by atoms with van der Waals surface area (Å²) in [5, 5.41) is 10.5. The first-order valence-electron chi connectivity index (χ1n) is 6.90. The Hall–Kier alpha value is -3.03. The van der Waals surface area contributed by atoms with Crippen LogP contribution in [0.3, 0.4) is 0 Å². The lowest BCUT2D eigenvalue weighted by Crippen LogP contribution is -2.35. The molecule has 23 heavy (non-hydrogen) atoms. The third kappa shape index (κ3) is 4.47. The van der Waals surface area contributed by atoms with Gasteiger partial charge < -0.3 is 4.74 Å². The number of carbonyl (C=O) groups is 3. The summed E-state index contributed by atoms with van der Waals surface area (Å²) in [7, 11) is 0. The number of rotatable bonds is 5. The number of ether oxygens (including phenoxy) is 1. The van der Waals surface area contributed by atoms with Crippen molar-refractivity contribution in [3.63, 3.8) is 0 Å². The van der Waals surface area contributed by atoms with E-state index >= 15 is 0 Å². The maximum atomic E-state index is 11.7. The number of carbonyl (C=O) groups excluding carboxylic acids is 3. The number of nitro benzene ring substituents is 1. The number of amides is 2. The molecule has 1 aromatic carbocycles. The lowest BCUT2D eigenvalue weighted by molar-refractivity contribution is -0.384. The Morgan fingerprint density at radius 1 is 1.30 bits per heavy atom. The number of benzene rings is 1. The van der Waals surface area contributed by atoms with Crippen molar-refractivity contribution in [3.8, 4) is 0 Å². The summed E-state index contributed by atoms with van der Waals surface area (Å²) in [5.41, 5.74) is 0.527. The number of non-ortho nitro benzene ring substituents is 1. The van der Waals surface area contributed by atoms with E-state index in [2.05, 4.69) is 0 Å². The second-order valence-corrected chi connectivity index (χ2v) is 4.83. The van der Waals surface area contributed by atoms with Crippen LogP contribution in [0.5, 0.6) is 0 Å². The first kappa shape index (κ1) is 16.3. The van der Waals surface area contributed by atoms with Crippen LogP contribution >= 0.6 is 0 Å². The highest BCUT2D eigenvalue weighted by Crippen LogP contribution is 2.13. The highest BCUT2D eigenvalue weighted by Gasteiger charge is 2.26. The minimum absolute atomic E-state index is 0.0504. The highest BCUT2D eigenvalue weighted by molar-refractivity contribution is 5.98. The third-order valence-corrected chi connectivity index (χ3v) is 3.23. The first-order valence-corrected chi connectivity index (χ1v) is 6.90. The Bertz CT molecular complexity index is 665. The first-order chi connectivity index (χ1) is 11.0. The van der Waals surface area contributed by atoms with Gasteiger partial charge in [-0.25, -0.2) is 4.79 Å². The van der Waals surface area contributed by atoms with E-state index < -0.39 is 23.4 Å². The number of nitrogens with zero attached hydrogens (tertiary/aromatic N) is 2. The molecule has 0 aromatic heterocycles. The molecular formula is C15H14N2O6. The van der Waals surface area contributed by atoms with E-state index in [4.69, 9.17) is 4.74 Å². The lowest BCUT2D eigenvalue weighted by Gasteiger charge is -2.12. The molecule has 0 radical (unpaired) electrons. The van der Waals surface area contributed by atoms with Crippen LogP contribution in [0.2, 0.25) is 0 Å². The van der Waals surface area contributed by atoms with Gasteiger partial charge in [-0.3, -0.25) is 24.6 Å². The van der Waals surface area contributed by atoms with Gasteiger partial charge in [0, 0.05) is 31.2 Å². The number of esters is 1. The van der Waals surface area contributed by atoms with Crippen molar-refractivity contribution in [3.05, 3.63) is 46.0 Å². The van der Waals surface area contributed by atoms with Crippen LogP contribution in [0.15, 0.2) is 30.3 Å². The van der Waals surface area contributed by atoms with Gasteiger partial charge in [-0.05, 0) is 30.2 Å². The fourth-order valence-electron chi connectivity index (χ4n) is 2.04.